The fourth-order valence-electron chi connectivity index (χ4n) is 3.30. The number of hydrogen-bond donors (Lipinski definition) is 3. The van der Waals surface area contributed by atoms with Gasteiger partial charge >= 0.3 is 24.1 Å². The molecule has 0 bridgehead atoms. The fourth-order valence-corrected chi connectivity index (χ4v) is 3.30. The van der Waals surface area contributed by atoms with E-state index in [1.165, 1.54) is 9.80 Å². The van der Waals surface area contributed by atoms with E-state index in [0.717, 1.165) is 7.11 Å². The van der Waals surface area contributed by atoms with Crippen LogP contribution in [0.25, 0.3) is 0 Å². The topological polar surface area (TPSA) is 190 Å². The molecule has 224 valence electrons. The van der Waals surface area contributed by atoms with Crippen molar-refractivity contribution in [2.75, 3.05) is 53.2 Å². The van der Waals surface area contributed by atoms with Crippen molar-refractivity contribution in [3.63, 3.8) is 0 Å². The third-order valence-corrected chi connectivity index (χ3v) is 5.09. The largest absolute Gasteiger partial charge is 0.480 e. The number of aliphatic carboxylic acids is 1. The molecule has 39 heavy (non-hydrogen) atoms. The van der Waals surface area contributed by atoms with Crippen LogP contribution in [-0.4, -0.2) is 133 Å². The van der Waals surface area contributed by atoms with Gasteiger partial charge in [-0.1, -0.05) is 0 Å². The summed E-state index contributed by atoms with van der Waals surface area (Å²) >= 11 is 0. The first kappa shape index (κ1) is 33.9. The number of carbonyl (C=O) groups excluding carboxylic acids is 4. The number of carboxylic acid groups (broad SMARTS) is 1. The van der Waals surface area contributed by atoms with E-state index in [9.17, 15) is 24.0 Å². The first-order valence-corrected chi connectivity index (χ1v) is 12.4. The summed E-state index contributed by atoms with van der Waals surface area (Å²) in [6.45, 7) is 10.8. The Labute approximate surface area is 227 Å². The average molecular weight is 564 g/mol. The summed E-state index contributed by atoms with van der Waals surface area (Å²) in [7, 11) is 1.15. The number of carboxylic acids is 1. The highest BCUT2D eigenvalue weighted by Crippen LogP contribution is 2.16. The minimum Gasteiger partial charge on any atom is -0.480 e. The monoisotopic (exact) mass is 563 g/mol. The molecule has 2 saturated heterocycles. The molecule has 0 radical (unpaired) electrons. The number of nitrogens with zero attached hydrogens (tertiary/aromatic N) is 2. The van der Waals surface area contributed by atoms with Crippen LogP contribution >= 0.6 is 0 Å². The number of aliphatic hydroxyl groups is 1. The molecule has 2 fully saturated rings. The molecular weight excluding hydrogens is 522 g/mol. The van der Waals surface area contributed by atoms with Gasteiger partial charge in [0.25, 0.3) is 0 Å². The zero-order chi connectivity index (χ0) is 30.0. The molecule has 0 aliphatic carbocycles. The Morgan fingerprint density at radius 1 is 0.872 bits per heavy atom. The van der Waals surface area contributed by atoms with E-state index in [-0.39, 0.29) is 32.9 Å². The van der Waals surface area contributed by atoms with E-state index in [1.54, 1.807) is 41.5 Å². The highest BCUT2D eigenvalue weighted by molar-refractivity contribution is 5.90. The summed E-state index contributed by atoms with van der Waals surface area (Å²) in [4.78, 5) is 61.0. The lowest BCUT2D eigenvalue weighted by molar-refractivity contribution is -0.149. The third-order valence-electron chi connectivity index (χ3n) is 5.09. The number of morpholine rings is 2. The SMILES string of the molecule is CC(C)(C)OC(=O)N1CCOCC1C(=O)O.COC(=O)[C@@H](CO)NC(=O)C1COCCN1C(=O)OC(C)(C)C. The quantitative estimate of drug-likeness (QED) is 0.300. The van der Waals surface area contributed by atoms with Crippen LogP contribution in [0.3, 0.4) is 0 Å². The van der Waals surface area contributed by atoms with Crippen molar-refractivity contribution in [1.29, 1.82) is 0 Å². The van der Waals surface area contributed by atoms with E-state index in [1.807, 2.05) is 0 Å². The second kappa shape index (κ2) is 14.8. The van der Waals surface area contributed by atoms with Crippen LogP contribution in [0.1, 0.15) is 41.5 Å². The molecule has 2 heterocycles. The Balaban J connectivity index is 0.000000416. The van der Waals surface area contributed by atoms with Crippen molar-refractivity contribution >= 4 is 30.0 Å². The van der Waals surface area contributed by atoms with Crippen molar-refractivity contribution in [1.82, 2.24) is 15.1 Å². The molecule has 2 aliphatic rings. The number of methoxy groups -OCH3 is 1. The van der Waals surface area contributed by atoms with Crippen molar-refractivity contribution in [2.24, 2.45) is 0 Å². The van der Waals surface area contributed by atoms with E-state index in [0.29, 0.717) is 6.61 Å². The Bertz CT molecular complexity index is 867. The van der Waals surface area contributed by atoms with Gasteiger partial charge in [0, 0.05) is 13.1 Å². The highest BCUT2D eigenvalue weighted by Gasteiger charge is 2.37. The van der Waals surface area contributed by atoms with Gasteiger partial charge < -0.3 is 39.2 Å². The number of amides is 3. The van der Waals surface area contributed by atoms with Crippen LogP contribution in [-0.2, 0) is 38.1 Å². The maximum atomic E-state index is 12.3. The average Bonchev–Trinajstić information content (AvgIpc) is 2.85. The maximum absolute atomic E-state index is 12.3. The Morgan fingerprint density at radius 3 is 1.69 bits per heavy atom. The number of nitrogens with one attached hydrogen (secondary N) is 1. The number of carbonyl (C=O) groups is 5. The second-order valence-corrected chi connectivity index (χ2v) is 10.6. The van der Waals surface area contributed by atoms with Crippen LogP contribution in [0.15, 0.2) is 0 Å². The highest BCUT2D eigenvalue weighted by atomic mass is 16.6. The minimum absolute atomic E-state index is 0.00851. The number of esters is 1. The van der Waals surface area contributed by atoms with Crippen molar-refractivity contribution in [3.8, 4) is 0 Å². The summed E-state index contributed by atoms with van der Waals surface area (Å²) in [5, 5.41) is 20.4. The molecule has 15 heteroatoms. The zero-order valence-electron chi connectivity index (χ0n) is 23.6. The lowest BCUT2D eigenvalue weighted by Gasteiger charge is -2.36. The first-order chi connectivity index (χ1) is 18.0. The summed E-state index contributed by atoms with van der Waals surface area (Å²) in [5.74, 6) is -2.48. The smallest absolute Gasteiger partial charge is 0.411 e. The Kier molecular flexibility index (Phi) is 12.9. The van der Waals surface area contributed by atoms with E-state index in [4.69, 9.17) is 29.2 Å². The molecule has 2 unspecified atom stereocenters. The number of hydrogen-bond acceptors (Lipinski definition) is 11. The lowest BCUT2D eigenvalue weighted by Crippen LogP contribution is -2.59. The van der Waals surface area contributed by atoms with Crippen molar-refractivity contribution in [2.45, 2.75) is 70.9 Å². The van der Waals surface area contributed by atoms with Gasteiger partial charge in [0.2, 0.25) is 5.91 Å². The van der Waals surface area contributed by atoms with Gasteiger partial charge in [-0.3, -0.25) is 14.6 Å². The van der Waals surface area contributed by atoms with Gasteiger partial charge in [-0.2, -0.15) is 0 Å². The van der Waals surface area contributed by atoms with Gasteiger partial charge in [-0.25, -0.2) is 19.2 Å². The molecule has 3 N–H and O–H groups in total. The molecule has 0 aromatic rings. The Hall–Kier alpha value is -3.17. The van der Waals surface area contributed by atoms with E-state index in [2.05, 4.69) is 10.1 Å². The lowest BCUT2D eigenvalue weighted by atomic mass is 10.2. The summed E-state index contributed by atoms with van der Waals surface area (Å²) in [6, 6.07) is -3.10. The molecular formula is C24H41N3O12. The normalized spacial score (nSPS) is 20.5. The second-order valence-electron chi connectivity index (χ2n) is 10.6. The number of rotatable bonds is 5. The summed E-state index contributed by atoms with van der Waals surface area (Å²) < 4.78 is 25.1. The first-order valence-electron chi connectivity index (χ1n) is 12.4. The standard InChI is InChI=1S/C14H24N2O7.C10H17NO5/c1-14(2,3)23-13(20)16-5-6-22-8-10(16)11(18)15-9(7-17)12(19)21-4;1-10(2,3)16-9(14)11-4-5-15-6-7(11)8(12)13/h9-10,17H,5-8H2,1-4H3,(H,15,18);7H,4-6H2,1-3H3,(H,12,13)/t9-,10?;/m1./s1. The fraction of sp³-hybridized carbons (Fsp3) is 0.792. The van der Waals surface area contributed by atoms with E-state index < -0.39 is 66.0 Å². The molecule has 0 spiro atoms. The van der Waals surface area contributed by atoms with Crippen LogP contribution in [0.2, 0.25) is 0 Å². The van der Waals surface area contributed by atoms with Crippen LogP contribution in [0, 0.1) is 0 Å². The molecule has 15 nitrogen and oxygen atoms in total. The van der Waals surface area contributed by atoms with Gasteiger partial charge in [0.1, 0.15) is 17.2 Å². The van der Waals surface area contributed by atoms with Gasteiger partial charge in [-0.05, 0) is 41.5 Å². The van der Waals surface area contributed by atoms with Crippen LogP contribution in [0.5, 0.6) is 0 Å². The Morgan fingerprint density at radius 2 is 1.31 bits per heavy atom. The van der Waals surface area contributed by atoms with Crippen molar-refractivity contribution in [3.05, 3.63) is 0 Å². The van der Waals surface area contributed by atoms with Gasteiger partial charge in [0.15, 0.2) is 12.1 Å². The molecule has 0 aromatic carbocycles. The predicted molar refractivity (Wildman–Crippen MR) is 134 cm³/mol. The molecule has 0 saturated carbocycles. The molecule has 3 atom stereocenters. The zero-order valence-corrected chi connectivity index (χ0v) is 23.6. The summed E-state index contributed by atoms with van der Waals surface area (Å²) in [6.07, 6.45) is -1.25. The van der Waals surface area contributed by atoms with E-state index >= 15 is 0 Å². The molecule has 2 rings (SSSR count). The maximum Gasteiger partial charge on any atom is 0.411 e. The molecule has 2 aliphatic heterocycles. The molecule has 3 amide bonds. The number of ether oxygens (including phenoxy) is 5. The third kappa shape index (κ3) is 11.6. The van der Waals surface area contributed by atoms with Gasteiger partial charge in [0.05, 0.1) is 40.1 Å². The predicted octanol–water partition coefficient (Wildman–Crippen LogP) is -0.0207. The van der Waals surface area contributed by atoms with Crippen LogP contribution in [0.4, 0.5) is 9.59 Å². The summed E-state index contributed by atoms with van der Waals surface area (Å²) in [5.41, 5.74) is -1.32. The number of aliphatic hydroxyl groups excluding tert-OH is 1. The molecule has 0 aromatic heterocycles. The minimum atomic E-state index is -1.20. The van der Waals surface area contributed by atoms with Crippen LogP contribution < -0.4 is 5.32 Å². The van der Waals surface area contributed by atoms with Gasteiger partial charge in [-0.15, -0.1) is 0 Å². The van der Waals surface area contributed by atoms with Crippen molar-refractivity contribution < 1.29 is 57.9 Å².